The van der Waals surface area contributed by atoms with Gasteiger partial charge in [0, 0.05) is 11.8 Å². The lowest BCUT2D eigenvalue weighted by atomic mass is 10.3. The number of thiophene rings is 1. The summed E-state index contributed by atoms with van der Waals surface area (Å²) in [5.41, 5.74) is 1.68. The van der Waals surface area contributed by atoms with Crippen LogP contribution in [0.2, 0.25) is 0 Å². The van der Waals surface area contributed by atoms with E-state index in [1.807, 2.05) is 17.5 Å². The highest BCUT2D eigenvalue weighted by Crippen LogP contribution is 2.21. The Kier molecular flexibility index (Phi) is 4.54. The summed E-state index contributed by atoms with van der Waals surface area (Å²) in [5, 5.41) is 19.9. The molecule has 134 valence electrons. The van der Waals surface area contributed by atoms with Crippen molar-refractivity contribution in [3.8, 4) is 16.3 Å². The second-order valence-corrected chi connectivity index (χ2v) is 6.49. The second kappa shape index (κ2) is 7.30. The van der Waals surface area contributed by atoms with E-state index in [-0.39, 0.29) is 18.0 Å². The molecule has 10 heteroatoms. The molecular formula is C17H13N7O2S. The summed E-state index contributed by atoms with van der Waals surface area (Å²) in [5.74, 6) is -0.344. The van der Waals surface area contributed by atoms with Gasteiger partial charge in [0.1, 0.15) is 18.6 Å². The van der Waals surface area contributed by atoms with Crippen molar-refractivity contribution in [3.63, 3.8) is 0 Å². The number of hydrogen-bond donors (Lipinski definition) is 1. The third-order valence-corrected chi connectivity index (χ3v) is 4.59. The highest BCUT2D eigenvalue weighted by Gasteiger charge is 2.09. The Balaban J connectivity index is 1.46. The van der Waals surface area contributed by atoms with Gasteiger partial charge in [0.25, 0.3) is 5.56 Å². The minimum atomic E-state index is -0.344. The van der Waals surface area contributed by atoms with Gasteiger partial charge < -0.3 is 5.32 Å². The molecule has 1 aromatic carbocycles. The van der Waals surface area contributed by atoms with E-state index in [0.29, 0.717) is 11.4 Å². The van der Waals surface area contributed by atoms with Crippen molar-refractivity contribution in [2.75, 3.05) is 5.32 Å². The van der Waals surface area contributed by atoms with Gasteiger partial charge in [0.15, 0.2) is 0 Å². The number of carbonyl (C=O) groups is 1. The van der Waals surface area contributed by atoms with Crippen LogP contribution >= 0.6 is 11.3 Å². The van der Waals surface area contributed by atoms with Crippen molar-refractivity contribution in [2.45, 2.75) is 6.54 Å². The maximum Gasteiger partial charge on any atom is 0.267 e. The molecule has 0 atom stereocenters. The minimum absolute atomic E-state index is 0.174. The Labute approximate surface area is 156 Å². The van der Waals surface area contributed by atoms with Crippen molar-refractivity contribution in [1.29, 1.82) is 0 Å². The lowest BCUT2D eigenvalue weighted by molar-refractivity contribution is -0.117. The van der Waals surface area contributed by atoms with Gasteiger partial charge in [0.05, 0.1) is 10.6 Å². The number of nitrogens with zero attached hydrogens (tertiary/aromatic N) is 6. The van der Waals surface area contributed by atoms with E-state index in [1.165, 1.54) is 28.4 Å². The quantitative estimate of drug-likeness (QED) is 0.564. The summed E-state index contributed by atoms with van der Waals surface area (Å²) in [6.07, 6.45) is 1.48. The van der Waals surface area contributed by atoms with Gasteiger partial charge in [-0.05, 0) is 52.2 Å². The number of amides is 1. The summed E-state index contributed by atoms with van der Waals surface area (Å²) >= 11 is 1.52. The molecule has 0 radical (unpaired) electrons. The standard InChI is InChI=1S/C17H13N7O2S/c25-16(19-12-3-5-13(6-4-12)24-11-18-21-22-24)10-23-17(26)8-7-14(20-23)15-2-1-9-27-15/h1-9,11H,10H2,(H,19,25). The number of rotatable bonds is 5. The van der Waals surface area contributed by atoms with Crippen LogP contribution in [0.1, 0.15) is 0 Å². The van der Waals surface area contributed by atoms with Gasteiger partial charge >= 0.3 is 0 Å². The van der Waals surface area contributed by atoms with E-state index in [1.54, 1.807) is 30.3 Å². The zero-order valence-electron chi connectivity index (χ0n) is 13.9. The van der Waals surface area contributed by atoms with Crippen LogP contribution in [0.4, 0.5) is 5.69 Å². The first-order valence-electron chi connectivity index (χ1n) is 7.94. The topological polar surface area (TPSA) is 108 Å². The van der Waals surface area contributed by atoms with Crippen LogP contribution in [-0.4, -0.2) is 35.9 Å². The number of nitrogens with one attached hydrogen (secondary N) is 1. The maximum absolute atomic E-state index is 12.3. The van der Waals surface area contributed by atoms with Crippen LogP contribution in [0.5, 0.6) is 0 Å². The Hall–Kier alpha value is -3.66. The van der Waals surface area contributed by atoms with E-state index in [9.17, 15) is 9.59 Å². The molecule has 0 aliphatic heterocycles. The molecule has 0 bridgehead atoms. The SMILES string of the molecule is O=C(Cn1nc(-c2cccs2)ccc1=O)Nc1ccc(-n2cnnn2)cc1. The molecule has 0 saturated carbocycles. The second-order valence-electron chi connectivity index (χ2n) is 5.54. The number of hydrogen-bond acceptors (Lipinski definition) is 7. The molecule has 4 rings (SSSR count). The molecule has 0 spiro atoms. The van der Waals surface area contributed by atoms with Crippen molar-refractivity contribution < 1.29 is 4.79 Å². The van der Waals surface area contributed by atoms with Gasteiger partial charge in [-0.2, -0.15) is 5.10 Å². The Morgan fingerprint density at radius 1 is 1.11 bits per heavy atom. The number of aromatic nitrogens is 6. The fourth-order valence-electron chi connectivity index (χ4n) is 2.43. The average Bonchev–Trinajstić information content (AvgIpc) is 3.38. The van der Waals surface area contributed by atoms with E-state index < -0.39 is 0 Å². The number of anilines is 1. The number of carbonyl (C=O) groups excluding carboxylic acids is 1. The van der Waals surface area contributed by atoms with Crippen molar-refractivity contribution in [2.24, 2.45) is 0 Å². The first-order chi connectivity index (χ1) is 13.2. The number of tetrazole rings is 1. The van der Waals surface area contributed by atoms with Crippen molar-refractivity contribution in [1.82, 2.24) is 30.0 Å². The van der Waals surface area contributed by atoms with E-state index in [4.69, 9.17) is 0 Å². The van der Waals surface area contributed by atoms with Crippen LogP contribution < -0.4 is 10.9 Å². The van der Waals surface area contributed by atoms with E-state index in [2.05, 4.69) is 25.9 Å². The van der Waals surface area contributed by atoms with E-state index >= 15 is 0 Å². The van der Waals surface area contributed by atoms with Crippen LogP contribution in [0.15, 0.2) is 65.0 Å². The highest BCUT2D eigenvalue weighted by molar-refractivity contribution is 7.13. The van der Waals surface area contributed by atoms with Gasteiger partial charge in [-0.1, -0.05) is 6.07 Å². The molecule has 3 heterocycles. The summed E-state index contributed by atoms with van der Waals surface area (Å²) in [6, 6.07) is 13.9. The fraction of sp³-hybridized carbons (Fsp3) is 0.0588. The van der Waals surface area contributed by atoms with Crippen LogP contribution in [0.25, 0.3) is 16.3 Å². The van der Waals surface area contributed by atoms with Crippen LogP contribution in [-0.2, 0) is 11.3 Å². The summed E-state index contributed by atoms with van der Waals surface area (Å²) in [7, 11) is 0. The molecule has 1 amide bonds. The zero-order chi connectivity index (χ0) is 18.6. The molecule has 27 heavy (non-hydrogen) atoms. The molecule has 3 aromatic heterocycles. The summed E-state index contributed by atoms with van der Waals surface area (Å²) in [4.78, 5) is 25.2. The molecule has 1 N–H and O–H groups in total. The van der Waals surface area contributed by atoms with Crippen LogP contribution in [0.3, 0.4) is 0 Å². The Morgan fingerprint density at radius 3 is 2.67 bits per heavy atom. The monoisotopic (exact) mass is 379 g/mol. The normalized spacial score (nSPS) is 10.7. The maximum atomic E-state index is 12.3. The largest absolute Gasteiger partial charge is 0.324 e. The lowest BCUT2D eigenvalue weighted by Gasteiger charge is -2.08. The van der Waals surface area contributed by atoms with Gasteiger partial charge in [0.2, 0.25) is 5.91 Å². The zero-order valence-corrected chi connectivity index (χ0v) is 14.7. The van der Waals surface area contributed by atoms with Gasteiger partial charge in [-0.25, -0.2) is 9.36 Å². The number of benzene rings is 1. The van der Waals surface area contributed by atoms with Gasteiger partial charge in [-0.15, -0.1) is 16.4 Å². The molecule has 4 aromatic rings. The molecule has 0 saturated heterocycles. The first-order valence-corrected chi connectivity index (χ1v) is 8.82. The minimum Gasteiger partial charge on any atom is -0.324 e. The molecule has 0 aliphatic carbocycles. The average molecular weight is 379 g/mol. The molecule has 0 fully saturated rings. The predicted octanol–water partition coefficient (Wildman–Crippen LogP) is 1.59. The van der Waals surface area contributed by atoms with E-state index in [0.717, 1.165) is 15.2 Å². The summed E-state index contributed by atoms with van der Waals surface area (Å²) in [6.45, 7) is -0.174. The third kappa shape index (κ3) is 3.80. The first kappa shape index (κ1) is 16.8. The Bertz CT molecular complexity index is 1100. The fourth-order valence-corrected chi connectivity index (χ4v) is 3.12. The molecule has 0 aliphatic rings. The molecule has 0 unspecified atom stereocenters. The Morgan fingerprint density at radius 2 is 1.96 bits per heavy atom. The third-order valence-electron chi connectivity index (χ3n) is 3.70. The van der Waals surface area contributed by atoms with Crippen molar-refractivity contribution in [3.05, 3.63) is 70.6 Å². The van der Waals surface area contributed by atoms with Crippen molar-refractivity contribution >= 4 is 22.9 Å². The summed E-state index contributed by atoms with van der Waals surface area (Å²) < 4.78 is 2.66. The smallest absolute Gasteiger partial charge is 0.267 e. The predicted molar refractivity (Wildman–Crippen MR) is 99.6 cm³/mol. The molecular weight excluding hydrogens is 366 g/mol. The highest BCUT2D eigenvalue weighted by atomic mass is 32.1. The molecule has 9 nitrogen and oxygen atoms in total. The van der Waals surface area contributed by atoms with Gasteiger partial charge in [-0.3, -0.25) is 9.59 Å². The lowest BCUT2D eigenvalue weighted by Crippen LogP contribution is -2.29. The van der Waals surface area contributed by atoms with Crippen LogP contribution in [0, 0.1) is 0 Å².